The van der Waals surface area contributed by atoms with Gasteiger partial charge in [0.25, 0.3) is 10.0 Å². The molecule has 0 aliphatic heterocycles. The number of anilines is 1. The van der Waals surface area contributed by atoms with E-state index in [0.29, 0.717) is 11.1 Å². The second-order valence-electron chi connectivity index (χ2n) is 5.72. The first-order valence-corrected chi connectivity index (χ1v) is 9.12. The molecule has 3 rings (SSSR count). The maximum atomic E-state index is 13.1. The number of benzene rings is 3. The van der Waals surface area contributed by atoms with E-state index in [-0.39, 0.29) is 4.90 Å². The van der Waals surface area contributed by atoms with Crippen LogP contribution < -0.4 is 4.31 Å². The number of fused-ring (bicyclic) bond motifs is 1. The molecule has 0 atom stereocenters. The Bertz CT molecular complexity index is 1020. The Morgan fingerprint density at radius 2 is 1.60 bits per heavy atom. The number of carboxylic acids is 1. The molecule has 25 heavy (non-hydrogen) atoms. The number of carbonyl (C=O) groups is 1. The Labute approximate surface area is 146 Å². The van der Waals surface area contributed by atoms with E-state index in [4.69, 9.17) is 0 Å². The predicted octanol–water partition coefficient (Wildman–Crippen LogP) is 3.43. The van der Waals surface area contributed by atoms with E-state index < -0.39 is 22.5 Å². The summed E-state index contributed by atoms with van der Waals surface area (Å²) >= 11 is 0. The number of aliphatic carboxylic acids is 1. The average Bonchev–Trinajstić information content (AvgIpc) is 2.59. The van der Waals surface area contributed by atoms with Gasteiger partial charge in [0.1, 0.15) is 6.54 Å². The van der Waals surface area contributed by atoms with Gasteiger partial charge in [-0.05, 0) is 30.5 Å². The number of carboxylic acid groups (broad SMARTS) is 1. The standard InChI is InChI=1S/C19H17NO4S/c1-14-9-11-16(12-10-14)25(23,24)20(13-19(21)22)18-8-4-6-15-5-2-3-7-17(15)18/h2-12H,13H2,1H3,(H,21,22). The van der Waals surface area contributed by atoms with Gasteiger partial charge in [0, 0.05) is 5.39 Å². The highest BCUT2D eigenvalue weighted by Gasteiger charge is 2.28. The van der Waals surface area contributed by atoms with Crippen LogP contribution in [0.25, 0.3) is 10.8 Å². The van der Waals surface area contributed by atoms with Gasteiger partial charge in [-0.2, -0.15) is 0 Å². The maximum absolute atomic E-state index is 13.1. The van der Waals surface area contributed by atoms with Crippen LogP contribution >= 0.6 is 0 Å². The molecule has 0 amide bonds. The number of rotatable bonds is 5. The minimum Gasteiger partial charge on any atom is -0.480 e. The molecule has 128 valence electrons. The van der Waals surface area contributed by atoms with Crippen LogP contribution in [0, 0.1) is 6.92 Å². The summed E-state index contributed by atoms with van der Waals surface area (Å²) in [6.07, 6.45) is 0. The highest BCUT2D eigenvalue weighted by atomic mass is 32.2. The summed E-state index contributed by atoms with van der Waals surface area (Å²) in [5.41, 5.74) is 1.27. The smallest absolute Gasteiger partial charge is 0.324 e. The number of sulfonamides is 1. The van der Waals surface area contributed by atoms with Crippen LogP contribution in [0.3, 0.4) is 0 Å². The summed E-state index contributed by atoms with van der Waals surface area (Å²) in [6.45, 7) is 1.21. The van der Waals surface area contributed by atoms with Gasteiger partial charge in [-0.1, -0.05) is 54.1 Å². The highest BCUT2D eigenvalue weighted by molar-refractivity contribution is 7.92. The van der Waals surface area contributed by atoms with Crippen molar-refractivity contribution in [3.8, 4) is 0 Å². The van der Waals surface area contributed by atoms with E-state index in [1.165, 1.54) is 12.1 Å². The van der Waals surface area contributed by atoms with Crippen molar-refractivity contribution in [3.63, 3.8) is 0 Å². The molecule has 0 radical (unpaired) electrons. The molecule has 0 saturated carbocycles. The Morgan fingerprint density at radius 3 is 2.28 bits per heavy atom. The molecule has 3 aromatic rings. The molecule has 6 heteroatoms. The summed E-state index contributed by atoms with van der Waals surface area (Å²) in [6, 6.07) is 18.8. The summed E-state index contributed by atoms with van der Waals surface area (Å²) in [5, 5.41) is 10.8. The lowest BCUT2D eigenvalue weighted by atomic mass is 10.1. The molecule has 0 heterocycles. The number of hydrogen-bond donors (Lipinski definition) is 1. The van der Waals surface area contributed by atoms with Gasteiger partial charge in [0.15, 0.2) is 0 Å². The van der Waals surface area contributed by atoms with Crippen molar-refractivity contribution in [2.45, 2.75) is 11.8 Å². The third kappa shape index (κ3) is 3.34. The first-order valence-electron chi connectivity index (χ1n) is 7.68. The number of hydrogen-bond acceptors (Lipinski definition) is 3. The molecule has 0 unspecified atom stereocenters. The normalized spacial score (nSPS) is 11.4. The van der Waals surface area contributed by atoms with Crippen LogP contribution in [0.4, 0.5) is 5.69 Å². The van der Waals surface area contributed by atoms with E-state index in [9.17, 15) is 18.3 Å². The molecule has 3 aromatic carbocycles. The minimum absolute atomic E-state index is 0.0623. The van der Waals surface area contributed by atoms with Crippen molar-refractivity contribution in [1.29, 1.82) is 0 Å². The van der Waals surface area contributed by atoms with Crippen LogP contribution in [0.15, 0.2) is 71.6 Å². The largest absolute Gasteiger partial charge is 0.480 e. The number of nitrogens with zero attached hydrogens (tertiary/aromatic N) is 1. The maximum Gasteiger partial charge on any atom is 0.324 e. The van der Waals surface area contributed by atoms with Crippen molar-refractivity contribution in [2.24, 2.45) is 0 Å². The molecule has 0 spiro atoms. The Morgan fingerprint density at radius 1 is 0.960 bits per heavy atom. The fourth-order valence-electron chi connectivity index (χ4n) is 2.69. The van der Waals surface area contributed by atoms with Crippen molar-refractivity contribution >= 4 is 32.5 Å². The minimum atomic E-state index is -4.00. The Hall–Kier alpha value is -2.86. The lowest BCUT2D eigenvalue weighted by Crippen LogP contribution is -2.35. The lowest BCUT2D eigenvalue weighted by molar-refractivity contribution is -0.135. The van der Waals surface area contributed by atoms with Crippen molar-refractivity contribution in [2.75, 3.05) is 10.8 Å². The van der Waals surface area contributed by atoms with Crippen molar-refractivity contribution < 1.29 is 18.3 Å². The van der Waals surface area contributed by atoms with E-state index in [1.54, 1.807) is 36.4 Å². The van der Waals surface area contributed by atoms with Gasteiger partial charge in [0.2, 0.25) is 0 Å². The molecule has 0 aromatic heterocycles. The fraction of sp³-hybridized carbons (Fsp3) is 0.105. The van der Waals surface area contributed by atoms with E-state index >= 15 is 0 Å². The van der Waals surface area contributed by atoms with Crippen LogP contribution in [0.2, 0.25) is 0 Å². The highest BCUT2D eigenvalue weighted by Crippen LogP contribution is 2.31. The Kier molecular flexibility index (Phi) is 4.46. The van der Waals surface area contributed by atoms with Crippen molar-refractivity contribution in [1.82, 2.24) is 0 Å². The van der Waals surface area contributed by atoms with Gasteiger partial charge in [-0.3, -0.25) is 9.10 Å². The molecular weight excluding hydrogens is 338 g/mol. The molecule has 5 nitrogen and oxygen atoms in total. The lowest BCUT2D eigenvalue weighted by Gasteiger charge is -2.24. The second-order valence-corrected chi connectivity index (χ2v) is 7.58. The summed E-state index contributed by atoms with van der Waals surface area (Å²) in [4.78, 5) is 11.4. The van der Waals surface area contributed by atoms with Crippen LogP contribution in [0.5, 0.6) is 0 Å². The van der Waals surface area contributed by atoms with Crippen LogP contribution in [-0.2, 0) is 14.8 Å². The van der Waals surface area contributed by atoms with Gasteiger partial charge in [-0.25, -0.2) is 8.42 Å². The van der Waals surface area contributed by atoms with Gasteiger partial charge < -0.3 is 5.11 Å². The summed E-state index contributed by atoms with van der Waals surface area (Å²) in [7, 11) is -4.00. The first-order chi connectivity index (χ1) is 11.9. The van der Waals surface area contributed by atoms with E-state index in [1.807, 2.05) is 25.1 Å². The zero-order valence-corrected chi connectivity index (χ0v) is 14.4. The Balaban J connectivity index is 2.20. The van der Waals surface area contributed by atoms with Crippen LogP contribution in [0.1, 0.15) is 5.56 Å². The SMILES string of the molecule is Cc1ccc(S(=O)(=O)N(CC(=O)O)c2cccc3ccccc23)cc1. The van der Waals surface area contributed by atoms with Crippen LogP contribution in [-0.4, -0.2) is 26.0 Å². The average molecular weight is 355 g/mol. The molecule has 0 saturated heterocycles. The monoisotopic (exact) mass is 355 g/mol. The predicted molar refractivity (Wildman–Crippen MR) is 97.3 cm³/mol. The van der Waals surface area contributed by atoms with Crippen molar-refractivity contribution in [3.05, 3.63) is 72.3 Å². The molecule has 0 aliphatic carbocycles. The second kappa shape index (κ2) is 6.57. The van der Waals surface area contributed by atoms with E-state index in [2.05, 4.69) is 0 Å². The first kappa shape index (κ1) is 17.0. The zero-order chi connectivity index (χ0) is 18.0. The topological polar surface area (TPSA) is 74.7 Å². The summed E-state index contributed by atoms with van der Waals surface area (Å²) < 4.78 is 27.1. The molecule has 0 bridgehead atoms. The fourth-order valence-corrected chi connectivity index (χ4v) is 4.12. The number of aryl methyl sites for hydroxylation is 1. The molecule has 0 fully saturated rings. The molecular formula is C19H17NO4S. The molecule has 0 aliphatic rings. The molecule has 1 N–H and O–H groups in total. The van der Waals surface area contributed by atoms with Gasteiger partial charge >= 0.3 is 5.97 Å². The summed E-state index contributed by atoms with van der Waals surface area (Å²) in [5.74, 6) is -1.22. The quantitative estimate of drug-likeness (QED) is 0.761. The third-order valence-corrected chi connectivity index (χ3v) is 5.70. The van der Waals surface area contributed by atoms with Gasteiger partial charge in [-0.15, -0.1) is 0 Å². The zero-order valence-electron chi connectivity index (χ0n) is 13.6. The van der Waals surface area contributed by atoms with Gasteiger partial charge in [0.05, 0.1) is 10.6 Å². The van der Waals surface area contributed by atoms with E-state index in [0.717, 1.165) is 15.3 Å². The third-order valence-electron chi connectivity index (χ3n) is 3.92.